The number of amides is 1. The maximum absolute atomic E-state index is 12.1. The standard InChI is InChI=1S/C23H21BrN2O3/c1-17(29-22-10-6-5-9-21(22)24)23(27)26-25-15-18-11-13-20(14-12-18)28-16-19-7-3-2-4-8-19/h2-15,17H,16H2,1H3,(H,26,27)/b25-15+. The summed E-state index contributed by atoms with van der Waals surface area (Å²) < 4.78 is 12.2. The van der Waals surface area contributed by atoms with Gasteiger partial charge in [-0.15, -0.1) is 0 Å². The zero-order chi connectivity index (χ0) is 20.5. The topological polar surface area (TPSA) is 59.9 Å². The quantitative estimate of drug-likeness (QED) is 0.388. The molecule has 0 saturated carbocycles. The Balaban J connectivity index is 1.47. The van der Waals surface area contributed by atoms with Crippen molar-refractivity contribution in [2.24, 2.45) is 5.10 Å². The minimum absolute atomic E-state index is 0.334. The van der Waals surface area contributed by atoms with Crippen molar-refractivity contribution in [3.63, 3.8) is 0 Å². The van der Waals surface area contributed by atoms with Crippen molar-refractivity contribution in [1.29, 1.82) is 0 Å². The van der Waals surface area contributed by atoms with Crippen LogP contribution in [0, 0.1) is 0 Å². The van der Waals surface area contributed by atoms with E-state index in [9.17, 15) is 4.79 Å². The maximum Gasteiger partial charge on any atom is 0.280 e. The maximum atomic E-state index is 12.1. The predicted octanol–water partition coefficient (Wildman–Crippen LogP) is 4.95. The number of hydrazone groups is 1. The van der Waals surface area contributed by atoms with Gasteiger partial charge in [0.25, 0.3) is 5.91 Å². The van der Waals surface area contributed by atoms with Crippen molar-refractivity contribution >= 4 is 28.1 Å². The third-order valence-electron chi connectivity index (χ3n) is 4.03. The zero-order valence-corrected chi connectivity index (χ0v) is 17.5. The summed E-state index contributed by atoms with van der Waals surface area (Å²) in [6.45, 7) is 2.18. The molecule has 0 radical (unpaired) electrons. The van der Waals surface area contributed by atoms with Gasteiger partial charge in [0.1, 0.15) is 18.1 Å². The Morgan fingerprint density at radius 1 is 1.03 bits per heavy atom. The molecular weight excluding hydrogens is 432 g/mol. The average molecular weight is 453 g/mol. The van der Waals surface area contributed by atoms with Crippen LogP contribution in [0.4, 0.5) is 0 Å². The smallest absolute Gasteiger partial charge is 0.280 e. The number of para-hydroxylation sites is 1. The van der Waals surface area contributed by atoms with Crippen molar-refractivity contribution in [1.82, 2.24) is 5.43 Å². The van der Waals surface area contributed by atoms with Crippen molar-refractivity contribution < 1.29 is 14.3 Å². The molecular formula is C23H21BrN2O3. The first kappa shape index (κ1) is 20.6. The lowest BCUT2D eigenvalue weighted by atomic mass is 10.2. The van der Waals surface area contributed by atoms with Gasteiger partial charge in [-0.3, -0.25) is 4.79 Å². The first-order valence-corrected chi connectivity index (χ1v) is 9.92. The molecule has 3 aromatic rings. The molecule has 1 amide bonds. The Hall–Kier alpha value is -3.12. The lowest BCUT2D eigenvalue weighted by molar-refractivity contribution is -0.127. The summed E-state index contributed by atoms with van der Waals surface area (Å²) >= 11 is 3.39. The zero-order valence-electron chi connectivity index (χ0n) is 15.9. The molecule has 0 aliphatic carbocycles. The summed E-state index contributed by atoms with van der Waals surface area (Å²) in [7, 11) is 0. The monoisotopic (exact) mass is 452 g/mol. The number of nitrogens with zero attached hydrogens (tertiary/aromatic N) is 1. The molecule has 148 valence electrons. The fourth-order valence-corrected chi connectivity index (χ4v) is 2.81. The highest BCUT2D eigenvalue weighted by Gasteiger charge is 2.15. The van der Waals surface area contributed by atoms with Crippen LogP contribution >= 0.6 is 15.9 Å². The first-order valence-electron chi connectivity index (χ1n) is 9.13. The Labute approximate surface area is 178 Å². The van der Waals surface area contributed by atoms with Gasteiger partial charge in [0, 0.05) is 0 Å². The fourth-order valence-electron chi connectivity index (χ4n) is 2.44. The number of nitrogens with one attached hydrogen (secondary N) is 1. The van der Waals surface area contributed by atoms with Crippen molar-refractivity contribution in [3.8, 4) is 11.5 Å². The molecule has 0 aliphatic heterocycles. The van der Waals surface area contributed by atoms with Crippen LogP contribution < -0.4 is 14.9 Å². The highest BCUT2D eigenvalue weighted by atomic mass is 79.9. The van der Waals surface area contributed by atoms with Crippen LogP contribution in [0.3, 0.4) is 0 Å². The van der Waals surface area contributed by atoms with E-state index >= 15 is 0 Å². The van der Waals surface area contributed by atoms with E-state index in [4.69, 9.17) is 9.47 Å². The summed E-state index contributed by atoms with van der Waals surface area (Å²) in [5.74, 6) is 1.04. The number of rotatable bonds is 8. The lowest BCUT2D eigenvalue weighted by Gasteiger charge is -2.13. The normalized spacial score (nSPS) is 11.8. The molecule has 0 aliphatic rings. The number of hydrogen-bond acceptors (Lipinski definition) is 4. The molecule has 3 aromatic carbocycles. The second-order valence-corrected chi connectivity index (χ2v) is 7.12. The molecule has 29 heavy (non-hydrogen) atoms. The molecule has 0 saturated heterocycles. The van der Waals surface area contributed by atoms with Crippen molar-refractivity contribution in [3.05, 3.63) is 94.5 Å². The van der Waals surface area contributed by atoms with E-state index in [-0.39, 0.29) is 5.91 Å². The molecule has 6 heteroatoms. The van der Waals surface area contributed by atoms with Crippen molar-refractivity contribution in [2.75, 3.05) is 0 Å². The Kier molecular flexibility index (Phi) is 7.41. The fraction of sp³-hybridized carbons (Fsp3) is 0.130. The van der Waals surface area contributed by atoms with Crippen LogP contribution in [-0.2, 0) is 11.4 Å². The third-order valence-corrected chi connectivity index (χ3v) is 4.68. The lowest BCUT2D eigenvalue weighted by Crippen LogP contribution is -2.33. The number of carbonyl (C=O) groups excluding carboxylic acids is 1. The number of halogens is 1. The predicted molar refractivity (Wildman–Crippen MR) is 117 cm³/mol. The minimum atomic E-state index is -0.681. The molecule has 3 rings (SSSR count). The summed E-state index contributed by atoms with van der Waals surface area (Å²) in [5, 5.41) is 3.99. The number of hydrogen-bond donors (Lipinski definition) is 1. The number of ether oxygens (including phenoxy) is 2. The molecule has 0 bridgehead atoms. The number of benzene rings is 3. The van der Waals surface area contributed by atoms with Gasteiger partial charge in [-0.25, -0.2) is 5.43 Å². The highest BCUT2D eigenvalue weighted by molar-refractivity contribution is 9.10. The minimum Gasteiger partial charge on any atom is -0.489 e. The Bertz CT molecular complexity index is 959. The van der Waals surface area contributed by atoms with Crippen LogP contribution in [0.1, 0.15) is 18.1 Å². The molecule has 0 fully saturated rings. The Morgan fingerprint density at radius 2 is 1.72 bits per heavy atom. The van der Waals surface area contributed by atoms with E-state index in [2.05, 4.69) is 26.5 Å². The van der Waals surface area contributed by atoms with Gasteiger partial charge in [0.05, 0.1) is 10.7 Å². The van der Waals surface area contributed by atoms with Gasteiger partial charge >= 0.3 is 0 Å². The molecule has 1 unspecified atom stereocenters. The second kappa shape index (κ2) is 10.4. The largest absolute Gasteiger partial charge is 0.489 e. The molecule has 0 spiro atoms. The molecule has 0 heterocycles. The van der Waals surface area contributed by atoms with E-state index in [0.29, 0.717) is 12.4 Å². The van der Waals surface area contributed by atoms with Gasteiger partial charge in [0.15, 0.2) is 6.10 Å². The third kappa shape index (κ3) is 6.47. The highest BCUT2D eigenvalue weighted by Crippen LogP contribution is 2.24. The van der Waals surface area contributed by atoms with Crippen LogP contribution in [0.5, 0.6) is 11.5 Å². The van der Waals surface area contributed by atoms with Gasteiger partial charge < -0.3 is 9.47 Å². The van der Waals surface area contributed by atoms with E-state index < -0.39 is 6.10 Å². The summed E-state index contributed by atoms with van der Waals surface area (Å²) in [6.07, 6.45) is 0.893. The summed E-state index contributed by atoms with van der Waals surface area (Å²) in [5.41, 5.74) is 4.45. The molecule has 1 N–H and O–H groups in total. The van der Waals surface area contributed by atoms with Crippen LogP contribution in [0.2, 0.25) is 0 Å². The summed E-state index contributed by atoms with van der Waals surface area (Å²) in [4.78, 5) is 12.1. The average Bonchev–Trinajstić information content (AvgIpc) is 2.75. The van der Waals surface area contributed by atoms with Gasteiger partial charge in [-0.1, -0.05) is 42.5 Å². The molecule has 1 atom stereocenters. The molecule has 5 nitrogen and oxygen atoms in total. The van der Waals surface area contributed by atoms with E-state index in [0.717, 1.165) is 21.3 Å². The van der Waals surface area contributed by atoms with Gasteiger partial charge in [-0.2, -0.15) is 5.10 Å². The van der Waals surface area contributed by atoms with Crippen molar-refractivity contribution in [2.45, 2.75) is 19.6 Å². The first-order chi connectivity index (χ1) is 14.1. The molecule has 0 aromatic heterocycles. The SMILES string of the molecule is CC(Oc1ccccc1Br)C(=O)N/N=C/c1ccc(OCc2ccccc2)cc1. The number of carbonyl (C=O) groups is 1. The van der Waals surface area contributed by atoms with Crippen LogP contribution in [-0.4, -0.2) is 18.2 Å². The van der Waals surface area contributed by atoms with E-state index in [1.54, 1.807) is 19.2 Å². The summed E-state index contributed by atoms with van der Waals surface area (Å²) in [6, 6.07) is 24.8. The van der Waals surface area contributed by atoms with E-state index in [1.807, 2.05) is 72.8 Å². The van der Waals surface area contributed by atoms with E-state index in [1.165, 1.54) is 0 Å². The van der Waals surface area contributed by atoms with Gasteiger partial charge in [0.2, 0.25) is 0 Å². The second-order valence-electron chi connectivity index (χ2n) is 6.27. The Morgan fingerprint density at radius 3 is 2.45 bits per heavy atom. The van der Waals surface area contributed by atoms with Crippen LogP contribution in [0.25, 0.3) is 0 Å². The van der Waals surface area contributed by atoms with Gasteiger partial charge in [-0.05, 0) is 70.4 Å². The van der Waals surface area contributed by atoms with Crippen LogP contribution in [0.15, 0.2) is 88.4 Å².